The molecule has 2 rings (SSSR count). The van der Waals surface area contributed by atoms with Crippen LogP contribution in [0.3, 0.4) is 0 Å². The smallest absolute Gasteiger partial charge is 0.209 e. The van der Waals surface area contributed by atoms with Crippen LogP contribution in [-0.4, -0.2) is 26.1 Å². The third-order valence-corrected chi connectivity index (χ3v) is 2.43. The van der Waals surface area contributed by atoms with Gasteiger partial charge in [0.1, 0.15) is 0 Å². The van der Waals surface area contributed by atoms with E-state index in [1.54, 1.807) is 12.4 Å². The summed E-state index contributed by atoms with van der Waals surface area (Å²) in [5, 5.41) is 8.63. The Hall–Kier alpha value is -1.56. The Morgan fingerprint density at radius 1 is 1.29 bits per heavy atom. The second-order valence-corrected chi connectivity index (χ2v) is 3.39. The lowest BCUT2D eigenvalue weighted by molar-refractivity contribution is 0.852. The summed E-state index contributed by atoms with van der Waals surface area (Å²) < 4.78 is 1.47. The summed E-state index contributed by atoms with van der Waals surface area (Å²) in [4.78, 5) is 3.92. The molecule has 0 bridgehead atoms. The second-order valence-electron chi connectivity index (χ2n) is 2.62. The van der Waals surface area contributed by atoms with E-state index in [0.29, 0.717) is 11.0 Å². The normalized spacial score (nSPS) is 10.4. The number of thioether (sulfide) groups is 1. The molecule has 2 aromatic heterocycles. The Morgan fingerprint density at radius 2 is 2.00 bits per heavy atom. The average Bonchev–Trinajstić information content (AvgIpc) is 2.61. The molecule has 2 N–H and O–H groups in total. The maximum atomic E-state index is 5.80. The highest BCUT2D eigenvalue weighted by Crippen LogP contribution is 2.18. The van der Waals surface area contributed by atoms with Crippen molar-refractivity contribution in [1.82, 2.24) is 19.9 Å². The van der Waals surface area contributed by atoms with Crippen LogP contribution >= 0.6 is 11.8 Å². The molecule has 0 fully saturated rings. The molecule has 0 aliphatic rings. The molecule has 0 saturated carbocycles. The molecule has 5 nitrogen and oxygen atoms in total. The van der Waals surface area contributed by atoms with Crippen molar-refractivity contribution in [1.29, 1.82) is 0 Å². The van der Waals surface area contributed by atoms with Crippen molar-refractivity contribution in [3.8, 4) is 11.4 Å². The summed E-state index contributed by atoms with van der Waals surface area (Å²) in [6.07, 6.45) is 5.30. The minimum atomic E-state index is 0.650. The van der Waals surface area contributed by atoms with Crippen LogP contribution in [0.1, 0.15) is 0 Å². The highest BCUT2D eigenvalue weighted by atomic mass is 32.2. The van der Waals surface area contributed by atoms with Gasteiger partial charge >= 0.3 is 0 Å². The van der Waals surface area contributed by atoms with Crippen molar-refractivity contribution in [2.24, 2.45) is 0 Å². The van der Waals surface area contributed by atoms with Gasteiger partial charge in [0, 0.05) is 18.0 Å². The van der Waals surface area contributed by atoms with Gasteiger partial charge in [0.2, 0.25) is 5.16 Å². The fourth-order valence-corrected chi connectivity index (χ4v) is 1.52. The number of aromatic nitrogens is 4. The number of pyridine rings is 1. The van der Waals surface area contributed by atoms with E-state index >= 15 is 0 Å². The van der Waals surface area contributed by atoms with Crippen LogP contribution in [0.25, 0.3) is 11.4 Å². The van der Waals surface area contributed by atoms with E-state index < -0.39 is 0 Å². The van der Waals surface area contributed by atoms with Gasteiger partial charge in [-0.25, -0.2) is 4.68 Å². The second kappa shape index (κ2) is 3.67. The highest BCUT2D eigenvalue weighted by Gasteiger charge is 2.09. The molecule has 0 amide bonds. The number of nitrogen functional groups attached to an aromatic ring is 1. The fraction of sp³-hybridized carbons (Fsp3) is 0.125. The van der Waals surface area contributed by atoms with Crippen molar-refractivity contribution >= 4 is 11.8 Å². The van der Waals surface area contributed by atoms with Gasteiger partial charge in [-0.3, -0.25) is 4.98 Å². The van der Waals surface area contributed by atoms with Crippen molar-refractivity contribution in [2.75, 3.05) is 12.1 Å². The van der Waals surface area contributed by atoms with E-state index in [4.69, 9.17) is 5.84 Å². The summed E-state index contributed by atoms with van der Waals surface area (Å²) in [5.74, 6) is 6.45. The lowest BCUT2D eigenvalue weighted by Gasteiger charge is -2.00. The summed E-state index contributed by atoms with van der Waals surface area (Å²) in [6.45, 7) is 0. The van der Waals surface area contributed by atoms with Crippen molar-refractivity contribution < 1.29 is 0 Å². The van der Waals surface area contributed by atoms with Gasteiger partial charge in [0.15, 0.2) is 5.82 Å². The zero-order valence-corrected chi connectivity index (χ0v) is 8.40. The maximum absolute atomic E-state index is 5.80. The monoisotopic (exact) mass is 207 g/mol. The van der Waals surface area contributed by atoms with Crippen LogP contribution < -0.4 is 5.84 Å². The van der Waals surface area contributed by atoms with Crippen LogP contribution in [0.5, 0.6) is 0 Å². The zero-order chi connectivity index (χ0) is 9.97. The largest absolute Gasteiger partial charge is 0.335 e. The summed E-state index contributed by atoms with van der Waals surface area (Å²) in [6, 6.07) is 3.69. The van der Waals surface area contributed by atoms with Crippen LogP contribution in [0.2, 0.25) is 0 Å². The van der Waals surface area contributed by atoms with Gasteiger partial charge in [-0.2, -0.15) is 0 Å². The number of hydrogen-bond acceptors (Lipinski definition) is 5. The first-order valence-corrected chi connectivity index (χ1v) is 5.20. The lowest BCUT2D eigenvalue weighted by atomic mass is 10.2. The maximum Gasteiger partial charge on any atom is 0.209 e. The third kappa shape index (κ3) is 1.44. The fourth-order valence-electron chi connectivity index (χ4n) is 1.11. The number of nitrogens with zero attached hydrogens (tertiary/aromatic N) is 4. The molecule has 0 aliphatic carbocycles. The predicted molar refractivity (Wildman–Crippen MR) is 55.2 cm³/mol. The first-order chi connectivity index (χ1) is 6.83. The van der Waals surface area contributed by atoms with Crippen molar-refractivity contribution in [3.05, 3.63) is 24.5 Å². The molecule has 0 unspecified atom stereocenters. The highest BCUT2D eigenvalue weighted by molar-refractivity contribution is 7.98. The Bertz CT molecular complexity index is 425. The first kappa shape index (κ1) is 9.01. The molecular formula is C8H9N5S. The van der Waals surface area contributed by atoms with Crippen LogP contribution in [0, 0.1) is 0 Å². The Morgan fingerprint density at radius 3 is 2.57 bits per heavy atom. The van der Waals surface area contributed by atoms with Gasteiger partial charge in [-0.15, -0.1) is 10.2 Å². The topological polar surface area (TPSA) is 69.6 Å². The van der Waals surface area contributed by atoms with Crippen LogP contribution in [-0.2, 0) is 0 Å². The summed E-state index contributed by atoms with van der Waals surface area (Å²) in [7, 11) is 0. The Kier molecular flexibility index (Phi) is 2.36. The molecule has 0 saturated heterocycles. The number of nitrogens with two attached hydrogens (primary N) is 1. The molecule has 2 heterocycles. The summed E-state index contributed by atoms with van der Waals surface area (Å²) in [5.41, 5.74) is 0.912. The summed E-state index contributed by atoms with van der Waals surface area (Å²) >= 11 is 1.46. The molecule has 0 radical (unpaired) electrons. The lowest BCUT2D eigenvalue weighted by Crippen LogP contribution is -2.11. The van der Waals surface area contributed by atoms with Gasteiger partial charge in [0.25, 0.3) is 0 Å². The third-order valence-electron chi connectivity index (χ3n) is 1.79. The van der Waals surface area contributed by atoms with E-state index in [1.165, 1.54) is 16.4 Å². The SMILES string of the molecule is CSc1nnc(-c2ccncc2)n1N. The standard InChI is InChI=1S/C8H9N5S/c1-14-8-12-11-7(13(8)9)6-2-4-10-5-3-6/h2-5H,9H2,1H3. The molecule has 72 valence electrons. The minimum absolute atomic E-state index is 0.650. The zero-order valence-electron chi connectivity index (χ0n) is 7.58. The van der Waals surface area contributed by atoms with E-state index in [0.717, 1.165) is 5.56 Å². The molecule has 2 aromatic rings. The van der Waals surface area contributed by atoms with Crippen molar-refractivity contribution in [3.63, 3.8) is 0 Å². The van der Waals surface area contributed by atoms with E-state index in [1.807, 2.05) is 18.4 Å². The van der Waals surface area contributed by atoms with E-state index in [-0.39, 0.29) is 0 Å². The van der Waals surface area contributed by atoms with Gasteiger partial charge in [-0.05, 0) is 18.4 Å². The van der Waals surface area contributed by atoms with Gasteiger partial charge in [-0.1, -0.05) is 11.8 Å². The number of hydrogen-bond donors (Lipinski definition) is 1. The van der Waals surface area contributed by atoms with Crippen LogP contribution in [0.4, 0.5) is 0 Å². The van der Waals surface area contributed by atoms with Gasteiger partial charge < -0.3 is 5.84 Å². The predicted octanol–water partition coefficient (Wildman–Crippen LogP) is 0.776. The molecule has 6 heteroatoms. The minimum Gasteiger partial charge on any atom is -0.335 e. The van der Waals surface area contributed by atoms with Gasteiger partial charge in [0.05, 0.1) is 0 Å². The van der Waals surface area contributed by atoms with Crippen LogP contribution in [0.15, 0.2) is 29.7 Å². The molecule has 0 spiro atoms. The number of rotatable bonds is 2. The van der Waals surface area contributed by atoms with E-state index in [2.05, 4.69) is 15.2 Å². The quantitative estimate of drug-likeness (QED) is 0.582. The molecule has 0 aromatic carbocycles. The Balaban J connectivity index is 2.48. The molecular weight excluding hydrogens is 198 g/mol. The van der Waals surface area contributed by atoms with Crippen molar-refractivity contribution in [2.45, 2.75) is 5.16 Å². The first-order valence-electron chi connectivity index (χ1n) is 3.98. The molecule has 14 heavy (non-hydrogen) atoms. The van der Waals surface area contributed by atoms with E-state index in [9.17, 15) is 0 Å². The molecule has 0 atom stereocenters. The Labute approximate surface area is 85.3 Å². The average molecular weight is 207 g/mol. The molecule has 0 aliphatic heterocycles.